The average Bonchev–Trinajstić information content (AvgIpc) is 2.95. The Balaban J connectivity index is 1.45. The van der Waals surface area contributed by atoms with Crippen molar-refractivity contribution in [2.75, 3.05) is 39.4 Å². The predicted molar refractivity (Wildman–Crippen MR) is 79.2 cm³/mol. The van der Waals surface area contributed by atoms with Crippen LogP contribution in [0.1, 0.15) is 18.1 Å². The molecule has 4 nitrogen and oxygen atoms in total. The van der Waals surface area contributed by atoms with Crippen LogP contribution in [-0.4, -0.2) is 50.4 Å². The minimum absolute atomic E-state index is 0.321. The molecule has 2 heterocycles. The van der Waals surface area contributed by atoms with Gasteiger partial charge in [-0.15, -0.1) is 0 Å². The summed E-state index contributed by atoms with van der Waals surface area (Å²) < 4.78 is 11.3. The number of nitrogens with one attached hydrogen (secondary N) is 1. The Morgan fingerprint density at radius 3 is 3.20 bits per heavy atom. The lowest BCUT2D eigenvalue weighted by Crippen LogP contribution is -2.46. The summed E-state index contributed by atoms with van der Waals surface area (Å²) in [6.07, 6.45) is 1.36. The summed E-state index contributed by atoms with van der Waals surface area (Å²) in [6, 6.07) is 6.50. The smallest absolute Gasteiger partial charge is 0.122 e. The lowest BCUT2D eigenvalue weighted by atomic mass is 10.1. The normalized spacial score (nSPS) is 22.6. The zero-order valence-electron chi connectivity index (χ0n) is 12.2. The number of fused-ring (bicyclic) bond motifs is 1. The number of rotatable bonds is 5. The molecule has 0 aromatic heterocycles. The highest BCUT2D eigenvalue weighted by Crippen LogP contribution is 2.25. The van der Waals surface area contributed by atoms with Gasteiger partial charge in [0.2, 0.25) is 0 Å². The number of hydrogen-bond donors (Lipinski definition) is 1. The monoisotopic (exact) mass is 276 g/mol. The van der Waals surface area contributed by atoms with Crippen LogP contribution in [0.5, 0.6) is 5.75 Å². The fraction of sp³-hybridized carbons (Fsp3) is 0.625. The summed E-state index contributed by atoms with van der Waals surface area (Å²) >= 11 is 0. The van der Waals surface area contributed by atoms with E-state index in [0.29, 0.717) is 6.10 Å². The standard InChI is InChI=1S/C16H24N2O2/c1-2-18-6-8-19-15(12-18)11-17-10-13-3-4-16-14(9-13)5-7-20-16/h3-4,9,15,17H,2,5-8,10-12H2,1H3/t15-/m1/s1. The maximum absolute atomic E-state index is 5.80. The van der Waals surface area contributed by atoms with Crippen LogP contribution in [0.3, 0.4) is 0 Å². The van der Waals surface area contributed by atoms with Crippen LogP contribution in [0.25, 0.3) is 0 Å². The maximum atomic E-state index is 5.80. The largest absolute Gasteiger partial charge is 0.493 e. The molecule has 0 bridgehead atoms. The van der Waals surface area contributed by atoms with E-state index in [0.717, 1.165) is 58.1 Å². The fourth-order valence-electron chi connectivity index (χ4n) is 2.92. The van der Waals surface area contributed by atoms with Crippen LogP contribution in [0, 0.1) is 0 Å². The van der Waals surface area contributed by atoms with E-state index in [4.69, 9.17) is 9.47 Å². The summed E-state index contributed by atoms with van der Waals surface area (Å²) in [5.41, 5.74) is 2.67. The lowest BCUT2D eigenvalue weighted by molar-refractivity contribution is -0.0253. The van der Waals surface area contributed by atoms with Crippen molar-refractivity contribution >= 4 is 0 Å². The summed E-state index contributed by atoms with van der Waals surface area (Å²) in [5.74, 6) is 1.06. The second-order valence-corrected chi connectivity index (χ2v) is 5.56. The fourth-order valence-corrected chi connectivity index (χ4v) is 2.92. The Morgan fingerprint density at radius 2 is 2.30 bits per heavy atom. The van der Waals surface area contributed by atoms with Crippen LogP contribution >= 0.6 is 0 Å². The third kappa shape index (κ3) is 3.32. The molecule has 1 N–H and O–H groups in total. The number of likely N-dealkylation sites (N-methyl/N-ethyl adjacent to an activating group) is 1. The van der Waals surface area contributed by atoms with Crippen molar-refractivity contribution in [3.63, 3.8) is 0 Å². The van der Waals surface area contributed by atoms with Gasteiger partial charge >= 0.3 is 0 Å². The molecular weight excluding hydrogens is 252 g/mol. The van der Waals surface area contributed by atoms with E-state index in [9.17, 15) is 0 Å². The number of morpholine rings is 1. The van der Waals surface area contributed by atoms with Crippen molar-refractivity contribution in [3.05, 3.63) is 29.3 Å². The SMILES string of the molecule is CCN1CCO[C@H](CNCc2ccc3c(c2)CCO3)C1. The molecule has 20 heavy (non-hydrogen) atoms. The number of nitrogens with zero attached hydrogens (tertiary/aromatic N) is 1. The molecule has 1 fully saturated rings. The minimum atomic E-state index is 0.321. The first kappa shape index (κ1) is 13.9. The Morgan fingerprint density at radius 1 is 1.35 bits per heavy atom. The summed E-state index contributed by atoms with van der Waals surface area (Å²) in [7, 11) is 0. The Bertz CT molecular complexity index is 450. The molecule has 2 aliphatic heterocycles. The van der Waals surface area contributed by atoms with E-state index >= 15 is 0 Å². The van der Waals surface area contributed by atoms with Gasteiger partial charge in [0.05, 0.1) is 19.3 Å². The van der Waals surface area contributed by atoms with Gasteiger partial charge in [-0.2, -0.15) is 0 Å². The van der Waals surface area contributed by atoms with Gasteiger partial charge < -0.3 is 14.8 Å². The molecule has 110 valence electrons. The highest BCUT2D eigenvalue weighted by molar-refractivity contribution is 5.39. The van der Waals surface area contributed by atoms with Crippen molar-refractivity contribution in [1.82, 2.24) is 10.2 Å². The van der Waals surface area contributed by atoms with Crippen molar-refractivity contribution in [3.8, 4) is 5.75 Å². The molecule has 3 rings (SSSR count). The van der Waals surface area contributed by atoms with E-state index in [1.165, 1.54) is 11.1 Å². The predicted octanol–water partition coefficient (Wildman–Crippen LogP) is 1.43. The van der Waals surface area contributed by atoms with E-state index in [-0.39, 0.29) is 0 Å². The zero-order valence-corrected chi connectivity index (χ0v) is 12.2. The average molecular weight is 276 g/mol. The Labute approximate surface area is 121 Å². The molecule has 0 radical (unpaired) electrons. The molecule has 1 atom stereocenters. The van der Waals surface area contributed by atoms with Crippen molar-refractivity contribution in [2.24, 2.45) is 0 Å². The highest BCUT2D eigenvalue weighted by atomic mass is 16.5. The van der Waals surface area contributed by atoms with E-state index in [1.807, 2.05) is 0 Å². The van der Waals surface area contributed by atoms with Crippen molar-refractivity contribution in [2.45, 2.75) is 26.0 Å². The van der Waals surface area contributed by atoms with E-state index in [2.05, 4.69) is 35.3 Å². The Hall–Kier alpha value is -1.10. The first-order valence-corrected chi connectivity index (χ1v) is 7.64. The third-order valence-electron chi connectivity index (χ3n) is 4.13. The number of ether oxygens (including phenoxy) is 2. The van der Waals surface area contributed by atoms with Crippen molar-refractivity contribution in [1.29, 1.82) is 0 Å². The molecule has 1 aromatic carbocycles. The van der Waals surface area contributed by atoms with Gasteiger partial charge in [0.15, 0.2) is 0 Å². The maximum Gasteiger partial charge on any atom is 0.122 e. The first-order valence-electron chi connectivity index (χ1n) is 7.64. The van der Waals surface area contributed by atoms with Gasteiger partial charge in [-0.25, -0.2) is 0 Å². The zero-order chi connectivity index (χ0) is 13.8. The lowest BCUT2D eigenvalue weighted by Gasteiger charge is -2.32. The topological polar surface area (TPSA) is 33.7 Å². The molecular formula is C16H24N2O2. The highest BCUT2D eigenvalue weighted by Gasteiger charge is 2.18. The first-order chi connectivity index (χ1) is 9.85. The van der Waals surface area contributed by atoms with Gasteiger partial charge in [-0.05, 0) is 23.7 Å². The molecule has 0 saturated carbocycles. The molecule has 4 heteroatoms. The van der Waals surface area contributed by atoms with E-state index < -0.39 is 0 Å². The van der Waals surface area contributed by atoms with Crippen LogP contribution < -0.4 is 10.1 Å². The molecule has 0 aliphatic carbocycles. The molecule has 1 aromatic rings. The van der Waals surface area contributed by atoms with Gasteiger partial charge in [0.25, 0.3) is 0 Å². The van der Waals surface area contributed by atoms with Gasteiger partial charge in [0, 0.05) is 32.6 Å². The molecule has 2 aliphatic rings. The van der Waals surface area contributed by atoms with Crippen LogP contribution in [-0.2, 0) is 17.7 Å². The van der Waals surface area contributed by atoms with Crippen molar-refractivity contribution < 1.29 is 9.47 Å². The second kappa shape index (κ2) is 6.57. The van der Waals surface area contributed by atoms with Gasteiger partial charge in [-0.3, -0.25) is 4.90 Å². The molecule has 0 amide bonds. The minimum Gasteiger partial charge on any atom is -0.493 e. The Kier molecular flexibility index (Phi) is 4.55. The van der Waals surface area contributed by atoms with Crippen LogP contribution in [0.2, 0.25) is 0 Å². The molecule has 0 spiro atoms. The van der Waals surface area contributed by atoms with E-state index in [1.54, 1.807) is 0 Å². The summed E-state index contributed by atoms with van der Waals surface area (Å²) in [6.45, 7) is 8.95. The quantitative estimate of drug-likeness (QED) is 0.882. The summed E-state index contributed by atoms with van der Waals surface area (Å²) in [4.78, 5) is 2.45. The molecule has 1 saturated heterocycles. The molecule has 0 unspecified atom stereocenters. The second-order valence-electron chi connectivity index (χ2n) is 5.56. The van der Waals surface area contributed by atoms with Gasteiger partial charge in [-0.1, -0.05) is 19.1 Å². The number of benzene rings is 1. The van der Waals surface area contributed by atoms with Crippen LogP contribution in [0.15, 0.2) is 18.2 Å². The summed E-state index contributed by atoms with van der Waals surface area (Å²) in [5, 5.41) is 3.51. The van der Waals surface area contributed by atoms with Crippen LogP contribution in [0.4, 0.5) is 0 Å². The van der Waals surface area contributed by atoms with Gasteiger partial charge in [0.1, 0.15) is 5.75 Å². The number of hydrogen-bond acceptors (Lipinski definition) is 4. The third-order valence-corrected chi connectivity index (χ3v) is 4.13.